The highest BCUT2D eigenvalue weighted by molar-refractivity contribution is 4.71. The summed E-state index contributed by atoms with van der Waals surface area (Å²) in [7, 11) is 5.72. The number of aliphatic hydroxyl groups excluding tert-OH is 1. The summed E-state index contributed by atoms with van der Waals surface area (Å²) >= 11 is 0. The van der Waals surface area contributed by atoms with Crippen LogP contribution in [0.3, 0.4) is 0 Å². The average Bonchev–Trinajstić information content (AvgIpc) is 2.17. The van der Waals surface area contributed by atoms with Crippen molar-refractivity contribution in [2.75, 3.05) is 41.0 Å². The van der Waals surface area contributed by atoms with Crippen LogP contribution in [0.25, 0.3) is 0 Å². The van der Waals surface area contributed by atoms with Crippen molar-refractivity contribution in [1.29, 1.82) is 0 Å². The predicted molar refractivity (Wildman–Crippen MR) is 58.5 cm³/mol. The Bertz CT molecular complexity index is 133. The van der Waals surface area contributed by atoms with Crippen molar-refractivity contribution in [3.63, 3.8) is 0 Å². The molecule has 0 bridgehead atoms. The zero-order valence-electron chi connectivity index (χ0n) is 9.79. The number of methoxy groups -OCH3 is 1. The second kappa shape index (κ2) is 8.17. The van der Waals surface area contributed by atoms with Gasteiger partial charge >= 0.3 is 0 Å². The van der Waals surface area contributed by atoms with Crippen molar-refractivity contribution < 1.29 is 9.84 Å². The van der Waals surface area contributed by atoms with Gasteiger partial charge in [-0.25, -0.2) is 0 Å². The van der Waals surface area contributed by atoms with Gasteiger partial charge in [-0.3, -0.25) is 4.90 Å². The van der Waals surface area contributed by atoms with E-state index in [-0.39, 0.29) is 6.61 Å². The Hall–Kier alpha value is -0.160. The minimum atomic E-state index is 0.234. The van der Waals surface area contributed by atoms with E-state index in [4.69, 9.17) is 9.84 Å². The lowest BCUT2D eigenvalue weighted by atomic mass is 10.2. The molecule has 2 unspecified atom stereocenters. The molecule has 0 heterocycles. The molecule has 0 radical (unpaired) electrons. The Morgan fingerprint density at radius 1 is 1.50 bits per heavy atom. The van der Waals surface area contributed by atoms with E-state index in [9.17, 15) is 0 Å². The quantitative estimate of drug-likeness (QED) is 0.581. The number of nitrogens with one attached hydrogen (secondary N) is 1. The van der Waals surface area contributed by atoms with E-state index in [0.717, 1.165) is 19.6 Å². The maximum Gasteiger partial charge on any atom is 0.0615 e. The van der Waals surface area contributed by atoms with Gasteiger partial charge in [0.2, 0.25) is 0 Å². The maximum absolute atomic E-state index is 8.84. The topological polar surface area (TPSA) is 44.7 Å². The number of hydrogen-bond donors (Lipinski definition) is 2. The van der Waals surface area contributed by atoms with Gasteiger partial charge in [0.25, 0.3) is 0 Å². The Morgan fingerprint density at radius 2 is 2.14 bits per heavy atom. The van der Waals surface area contributed by atoms with Crippen LogP contribution in [0.1, 0.15) is 13.3 Å². The van der Waals surface area contributed by atoms with E-state index in [0.29, 0.717) is 12.1 Å². The van der Waals surface area contributed by atoms with Crippen LogP contribution >= 0.6 is 0 Å². The molecule has 0 aliphatic carbocycles. The van der Waals surface area contributed by atoms with Crippen LogP contribution < -0.4 is 5.32 Å². The molecule has 0 spiro atoms. The van der Waals surface area contributed by atoms with Crippen LogP contribution in [-0.2, 0) is 4.74 Å². The Kier molecular flexibility index (Phi) is 8.08. The lowest BCUT2D eigenvalue weighted by Gasteiger charge is -2.28. The molecule has 86 valence electrons. The summed E-state index contributed by atoms with van der Waals surface area (Å²) in [5.41, 5.74) is 0. The van der Waals surface area contributed by atoms with Crippen molar-refractivity contribution in [2.24, 2.45) is 0 Å². The summed E-state index contributed by atoms with van der Waals surface area (Å²) in [4.78, 5) is 2.24. The zero-order chi connectivity index (χ0) is 11.0. The van der Waals surface area contributed by atoms with Gasteiger partial charge in [0.15, 0.2) is 0 Å². The summed E-state index contributed by atoms with van der Waals surface area (Å²) in [5, 5.41) is 12.0. The van der Waals surface area contributed by atoms with Gasteiger partial charge in [0.05, 0.1) is 6.61 Å². The van der Waals surface area contributed by atoms with Crippen LogP contribution in [0.4, 0.5) is 0 Å². The summed E-state index contributed by atoms with van der Waals surface area (Å²) in [6.45, 7) is 4.04. The van der Waals surface area contributed by atoms with Gasteiger partial charge in [0, 0.05) is 32.3 Å². The number of nitrogens with zero attached hydrogens (tertiary/aromatic N) is 1. The minimum absolute atomic E-state index is 0.234. The second-order valence-electron chi connectivity index (χ2n) is 3.74. The smallest absolute Gasteiger partial charge is 0.0615 e. The highest BCUT2D eigenvalue weighted by atomic mass is 16.5. The van der Waals surface area contributed by atoms with E-state index in [1.165, 1.54) is 0 Å². The average molecular weight is 204 g/mol. The fraction of sp³-hybridized carbons (Fsp3) is 1.00. The summed E-state index contributed by atoms with van der Waals surface area (Å²) < 4.78 is 5.09. The fourth-order valence-corrected chi connectivity index (χ4v) is 1.38. The summed E-state index contributed by atoms with van der Waals surface area (Å²) in [5.74, 6) is 0. The highest BCUT2D eigenvalue weighted by Gasteiger charge is 2.13. The molecule has 0 aromatic carbocycles. The van der Waals surface area contributed by atoms with Crippen molar-refractivity contribution >= 4 is 0 Å². The molecule has 2 atom stereocenters. The molecule has 0 rings (SSSR count). The highest BCUT2D eigenvalue weighted by Crippen LogP contribution is 2.00. The molecule has 0 aromatic rings. The number of rotatable bonds is 8. The monoisotopic (exact) mass is 204 g/mol. The molecule has 4 nitrogen and oxygen atoms in total. The first kappa shape index (κ1) is 13.8. The maximum atomic E-state index is 8.84. The molecule has 0 aromatic heterocycles. The zero-order valence-corrected chi connectivity index (χ0v) is 9.79. The summed E-state index contributed by atoms with van der Waals surface area (Å²) in [6.07, 6.45) is 0.792. The summed E-state index contributed by atoms with van der Waals surface area (Å²) in [6, 6.07) is 0.763. The first-order valence-corrected chi connectivity index (χ1v) is 5.13. The van der Waals surface area contributed by atoms with Crippen molar-refractivity contribution in [3.8, 4) is 0 Å². The van der Waals surface area contributed by atoms with Gasteiger partial charge in [-0.05, 0) is 27.4 Å². The lowest BCUT2D eigenvalue weighted by molar-refractivity contribution is 0.107. The van der Waals surface area contributed by atoms with Crippen LogP contribution in [0.15, 0.2) is 0 Å². The van der Waals surface area contributed by atoms with Crippen LogP contribution in [0.2, 0.25) is 0 Å². The first-order chi connectivity index (χ1) is 6.65. The molecule has 2 N–H and O–H groups in total. The molecule has 14 heavy (non-hydrogen) atoms. The molecule has 4 heteroatoms. The van der Waals surface area contributed by atoms with E-state index >= 15 is 0 Å². The van der Waals surface area contributed by atoms with Crippen LogP contribution in [-0.4, -0.2) is 63.1 Å². The van der Waals surface area contributed by atoms with E-state index < -0.39 is 0 Å². The first-order valence-electron chi connectivity index (χ1n) is 5.13. The minimum Gasteiger partial charge on any atom is -0.396 e. The molecule has 0 amide bonds. The number of likely N-dealkylation sites (N-methyl/N-ethyl adjacent to an activating group) is 2. The third-order valence-electron chi connectivity index (χ3n) is 2.55. The number of hydrogen-bond acceptors (Lipinski definition) is 4. The van der Waals surface area contributed by atoms with Gasteiger partial charge in [-0.15, -0.1) is 0 Å². The predicted octanol–water partition coefficient (Wildman–Crippen LogP) is -0.0765. The SMILES string of the molecule is CNC(CCO)CN(C)C(C)COC. The van der Waals surface area contributed by atoms with Gasteiger partial charge < -0.3 is 15.2 Å². The standard InChI is InChI=1S/C10H24N2O2/c1-9(8-14-4)12(3)7-10(11-2)5-6-13/h9-11,13H,5-8H2,1-4H3. The third kappa shape index (κ3) is 5.54. The number of aliphatic hydroxyl groups is 1. The lowest BCUT2D eigenvalue weighted by Crippen LogP contribution is -2.43. The van der Waals surface area contributed by atoms with Gasteiger partial charge in [-0.2, -0.15) is 0 Å². The van der Waals surface area contributed by atoms with Crippen LogP contribution in [0.5, 0.6) is 0 Å². The van der Waals surface area contributed by atoms with Crippen molar-refractivity contribution in [2.45, 2.75) is 25.4 Å². The molecule has 0 saturated heterocycles. The molecular weight excluding hydrogens is 180 g/mol. The van der Waals surface area contributed by atoms with Crippen molar-refractivity contribution in [1.82, 2.24) is 10.2 Å². The molecule has 0 aliphatic heterocycles. The van der Waals surface area contributed by atoms with E-state index in [1.54, 1.807) is 7.11 Å². The molecule has 0 aliphatic rings. The second-order valence-corrected chi connectivity index (χ2v) is 3.74. The normalized spacial score (nSPS) is 15.9. The Balaban J connectivity index is 3.81. The van der Waals surface area contributed by atoms with Gasteiger partial charge in [-0.1, -0.05) is 0 Å². The van der Waals surface area contributed by atoms with E-state index in [2.05, 4.69) is 24.2 Å². The Morgan fingerprint density at radius 3 is 2.57 bits per heavy atom. The van der Waals surface area contributed by atoms with Gasteiger partial charge in [0.1, 0.15) is 0 Å². The fourth-order valence-electron chi connectivity index (χ4n) is 1.38. The molecule has 0 fully saturated rings. The third-order valence-corrected chi connectivity index (χ3v) is 2.55. The van der Waals surface area contributed by atoms with Crippen LogP contribution in [0, 0.1) is 0 Å². The molecular formula is C10H24N2O2. The largest absolute Gasteiger partial charge is 0.396 e. The van der Waals surface area contributed by atoms with E-state index in [1.807, 2.05) is 7.05 Å². The Labute approximate surface area is 87.2 Å². The molecule has 0 saturated carbocycles. The number of ether oxygens (including phenoxy) is 1. The van der Waals surface area contributed by atoms with Crippen molar-refractivity contribution in [3.05, 3.63) is 0 Å².